The normalized spacial score (nSPS) is 1.33. The molecule has 0 saturated heterocycles. The molecule has 9 heavy (non-hydrogen) atoms. The van der Waals surface area contributed by atoms with Gasteiger partial charge in [0.15, 0.2) is 0 Å². The Bertz CT molecular complexity index is 19.7. The van der Waals surface area contributed by atoms with Crippen LogP contribution in [-0.2, 0) is 21.1 Å². The van der Waals surface area contributed by atoms with E-state index in [0.717, 1.165) is 0 Å². The number of rotatable bonds is 0. The molecular weight excluding hydrogens is 403 g/mol. The average Bonchev–Trinajstić information content (AvgIpc) is 0.918. The Morgan fingerprint density at radius 2 is 0.889 bits per heavy atom. The molecular formula is Cl5N3W-6. The molecule has 0 aromatic heterocycles. The van der Waals surface area contributed by atoms with Crippen molar-refractivity contribution in [2.24, 2.45) is 5.22 Å². The summed E-state index contributed by atoms with van der Waals surface area (Å²) in [5.41, 5.74) is 6.75. The van der Waals surface area contributed by atoms with Crippen LogP contribution in [0.15, 0.2) is 5.22 Å². The summed E-state index contributed by atoms with van der Waals surface area (Å²) in [4.78, 5) is 0. The molecule has 3 nitrogen and oxygen atoms in total. The molecule has 0 unspecified atom stereocenters. The quantitative estimate of drug-likeness (QED) is 0.285. The summed E-state index contributed by atoms with van der Waals surface area (Å²) in [6, 6.07) is 0. The van der Waals surface area contributed by atoms with E-state index in [0.29, 0.717) is 0 Å². The molecule has 0 rings (SSSR count). The zero-order valence-electron chi connectivity index (χ0n) is 3.64. The van der Waals surface area contributed by atoms with Crippen molar-refractivity contribution in [1.29, 1.82) is 0 Å². The third-order valence-electron chi connectivity index (χ3n) is 0. The van der Waals surface area contributed by atoms with Crippen LogP contribution in [-0.4, -0.2) is 0 Å². The Morgan fingerprint density at radius 3 is 0.889 bits per heavy atom. The van der Waals surface area contributed by atoms with Gasteiger partial charge in [-0.15, -0.1) is 0 Å². The van der Waals surface area contributed by atoms with Crippen LogP contribution in [0.2, 0.25) is 0 Å². The zero-order valence-corrected chi connectivity index (χ0v) is 10.4. The molecule has 0 saturated carbocycles. The van der Waals surface area contributed by atoms with Gasteiger partial charge in [-0.05, 0) is 0 Å². The van der Waals surface area contributed by atoms with Gasteiger partial charge < -0.3 is 73.4 Å². The maximum atomic E-state index is 6.75. The molecule has 0 aromatic rings. The van der Waals surface area contributed by atoms with Crippen molar-refractivity contribution in [2.45, 2.75) is 0 Å². The predicted octanol–water partition coefficient (Wildman–Crippen LogP) is -15.0. The van der Waals surface area contributed by atoms with Gasteiger partial charge in [-0.1, -0.05) is 0 Å². The second kappa shape index (κ2) is 108. The molecule has 9 heteroatoms. The van der Waals surface area contributed by atoms with Gasteiger partial charge in [0.2, 0.25) is 0 Å². The molecule has 0 atom stereocenters. The van der Waals surface area contributed by atoms with Gasteiger partial charge in [0.1, 0.15) is 0 Å². The van der Waals surface area contributed by atoms with E-state index in [1.54, 1.807) is 0 Å². The number of nitrogens with zero attached hydrogens (tertiary/aromatic N) is 3. The maximum absolute atomic E-state index is 6.75. The molecule has 0 aromatic carbocycles. The molecule has 0 amide bonds. The van der Waals surface area contributed by atoms with Crippen LogP contribution in [0.25, 0.3) is 5.53 Å². The van der Waals surface area contributed by atoms with E-state index in [1.165, 1.54) is 5.22 Å². The molecule has 0 spiro atoms. The van der Waals surface area contributed by atoms with E-state index in [1.807, 2.05) is 0 Å². The first-order valence-corrected chi connectivity index (χ1v) is 0.400. The summed E-state index contributed by atoms with van der Waals surface area (Å²) in [5.74, 6) is 6.75. The standard InChI is InChI=1S/5ClH.N3.W/c;;;;;1-3-2;/h5*1H;;/q;;;;;-1;/p-5. The van der Waals surface area contributed by atoms with E-state index in [9.17, 15) is 0 Å². The Labute approximate surface area is 99.1 Å². The fraction of sp³-hybridized carbons (Fsp3) is 0. The second-order valence-electron chi connectivity index (χ2n) is 0.0894. The molecule has 62 valence electrons. The average molecular weight is 403 g/mol. The summed E-state index contributed by atoms with van der Waals surface area (Å²) < 4.78 is 0. The first-order valence-electron chi connectivity index (χ1n) is 0.400. The fourth-order valence-electron chi connectivity index (χ4n) is 0. The van der Waals surface area contributed by atoms with E-state index in [-0.39, 0.29) is 83.1 Å². The number of halogens is 5. The van der Waals surface area contributed by atoms with Crippen molar-refractivity contribution in [2.75, 3.05) is 0 Å². The summed E-state index contributed by atoms with van der Waals surface area (Å²) >= 11 is 0. The van der Waals surface area contributed by atoms with Crippen molar-refractivity contribution in [3.8, 4) is 0 Å². The molecule has 0 fully saturated rings. The molecule has 0 N–H and O–H groups in total. The topological polar surface area (TPSA) is 57.0 Å². The van der Waals surface area contributed by atoms with Gasteiger partial charge in [0.25, 0.3) is 0 Å². The van der Waals surface area contributed by atoms with Gasteiger partial charge >= 0.3 is 0 Å². The third kappa shape index (κ3) is 229. The summed E-state index contributed by atoms with van der Waals surface area (Å²) in [7, 11) is 0. The monoisotopic (exact) mass is 401 g/mol. The van der Waals surface area contributed by atoms with Crippen LogP contribution < -0.4 is 67.9 Å². The predicted molar refractivity (Wildman–Crippen MR) is 7.92 cm³/mol. The van der Waals surface area contributed by atoms with Crippen LogP contribution in [0.3, 0.4) is 0 Å². The number of hydrogen-bond acceptors (Lipinski definition) is 1. The Kier molecular flexibility index (Phi) is 918. The Balaban J connectivity index is -0.00000000133. The minimum atomic E-state index is 0. The van der Waals surface area contributed by atoms with Crippen molar-refractivity contribution in [3.63, 3.8) is 0 Å². The van der Waals surface area contributed by atoms with E-state index < -0.39 is 0 Å². The van der Waals surface area contributed by atoms with Gasteiger partial charge in [0.05, 0.1) is 0 Å². The minimum absolute atomic E-state index is 0. The van der Waals surface area contributed by atoms with E-state index in [2.05, 4.69) is 0 Å². The van der Waals surface area contributed by atoms with Gasteiger partial charge in [-0.2, -0.15) is 0 Å². The van der Waals surface area contributed by atoms with E-state index >= 15 is 0 Å². The minimum Gasteiger partial charge on any atom is -1.00 e. The molecule has 0 aliphatic heterocycles. The molecule has 0 bridgehead atoms. The Hall–Kier alpha value is 1.54. The van der Waals surface area contributed by atoms with Crippen LogP contribution >= 0.6 is 0 Å². The van der Waals surface area contributed by atoms with Crippen molar-refractivity contribution in [1.82, 2.24) is 5.84 Å². The first-order chi connectivity index (χ1) is 1.41. The van der Waals surface area contributed by atoms with Crippen LogP contribution in [0, 0.1) is 0 Å². The van der Waals surface area contributed by atoms with Crippen molar-refractivity contribution in [3.05, 3.63) is 5.53 Å². The smallest absolute Gasteiger partial charge is 0 e. The summed E-state index contributed by atoms with van der Waals surface area (Å²) in [6.07, 6.45) is 0. The molecule has 0 aliphatic rings. The van der Waals surface area contributed by atoms with Crippen LogP contribution in [0.4, 0.5) is 0 Å². The molecule has 0 aliphatic carbocycles. The SMILES string of the molecule is [Cl-].[Cl-].[Cl-].[Cl-].[Cl-].[N]N=[N-].[W]. The third-order valence-corrected chi connectivity index (χ3v) is 0. The van der Waals surface area contributed by atoms with Gasteiger partial charge in [-0.25, -0.2) is 0 Å². The zero-order chi connectivity index (χ0) is 2.71. The Morgan fingerprint density at radius 1 is 0.889 bits per heavy atom. The van der Waals surface area contributed by atoms with Crippen LogP contribution in [0.1, 0.15) is 0 Å². The molecule has 2 radical (unpaired) electrons. The number of hydrogen-bond donors (Lipinski definition) is 0. The van der Waals surface area contributed by atoms with Gasteiger partial charge in [0, 0.05) is 21.1 Å². The van der Waals surface area contributed by atoms with Crippen LogP contribution in [0.5, 0.6) is 0 Å². The van der Waals surface area contributed by atoms with Gasteiger partial charge in [-0.3, -0.25) is 5.22 Å². The van der Waals surface area contributed by atoms with E-state index in [4.69, 9.17) is 11.4 Å². The van der Waals surface area contributed by atoms with Crippen molar-refractivity contribution < 1.29 is 83.1 Å². The second-order valence-corrected chi connectivity index (χ2v) is 0.0894. The fourth-order valence-corrected chi connectivity index (χ4v) is 0. The maximum Gasteiger partial charge on any atom is 0 e. The largest absolute Gasteiger partial charge is 1.00 e. The molecule has 0 heterocycles. The summed E-state index contributed by atoms with van der Waals surface area (Å²) in [6.45, 7) is 0. The van der Waals surface area contributed by atoms with Crippen molar-refractivity contribution >= 4 is 0 Å². The first kappa shape index (κ1) is 76.6. The summed E-state index contributed by atoms with van der Waals surface area (Å²) in [5, 5.41) is 1.50.